The van der Waals surface area contributed by atoms with Crippen molar-refractivity contribution in [1.29, 1.82) is 0 Å². The molecule has 0 saturated heterocycles. The lowest BCUT2D eigenvalue weighted by molar-refractivity contribution is -0.400. The molecule has 1 aromatic heterocycles. The molecule has 0 saturated carbocycles. The van der Waals surface area contributed by atoms with Gasteiger partial charge < -0.3 is 9.72 Å². The Morgan fingerprint density at radius 1 is 1.44 bits per heavy atom. The molecule has 0 aliphatic carbocycles. The van der Waals surface area contributed by atoms with Crippen molar-refractivity contribution in [2.45, 2.75) is 0 Å². The van der Waals surface area contributed by atoms with Crippen molar-refractivity contribution in [2.75, 3.05) is 6.61 Å². The van der Waals surface area contributed by atoms with E-state index in [1.165, 1.54) is 6.08 Å². The van der Waals surface area contributed by atoms with Gasteiger partial charge in [0, 0.05) is 17.0 Å². The number of hydrogen-bond donors (Lipinski definition) is 1. The number of aromatic nitrogens is 1. The second-order valence-corrected chi connectivity index (χ2v) is 3.61. The van der Waals surface area contributed by atoms with Crippen LogP contribution in [0.4, 0.5) is 0 Å². The lowest BCUT2D eigenvalue weighted by Gasteiger charge is -2.00. The zero-order valence-corrected chi connectivity index (χ0v) is 9.63. The number of ether oxygens (including phenoxy) is 1. The molecule has 18 heavy (non-hydrogen) atoms. The van der Waals surface area contributed by atoms with Crippen LogP contribution in [0.3, 0.4) is 0 Å². The molecule has 2 aromatic rings. The number of rotatable bonds is 5. The second kappa shape index (κ2) is 5.18. The molecule has 0 unspecified atom stereocenters. The molecular formula is C13H12N2O3. The SMILES string of the molecule is C=CCOc1[nH]c2ccccc2c1C=C[N+](=O)[O-]. The van der Waals surface area contributed by atoms with Crippen molar-refractivity contribution in [3.63, 3.8) is 0 Å². The molecule has 0 aliphatic heterocycles. The molecule has 0 aliphatic rings. The van der Waals surface area contributed by atoms with Gasteiger partial charge in [-0.3, -0.25) is 10.1 Å². The summed E-state index contributed by atoms with van der Waals surface area (Å²) >= 11 is 0. The van der Waals surface area contributed by atoms with Gasteiger partial charge in [0.15, 0.2) is 5.88 Å². The van der Waals surface area contributed by atoms with Crippen molar-refractivity contribution in [2.24, 2.45) is 0 Å². The van der Waals surface area contributed by atoms with Crippen LogP contribution < -0.4 is 4.74 Å². The first-order chi connectivity index (χ1) is 8.72. The molecular weight excluding hydrogens is 232 g/mol. The van der Waals surface area contributed by atoms with Crippen LogP contribution in [0.15, 0.2) is 43.1 Å². The Morgan fingerprint density at radius 3 is 2.94 bits per heavy atom. The van der Waals surface area contributed by atoms with Crippen molar-refractivity contribution < 1.29 is 9.66 Å². The number of H-pyrrole nitrogens is 1. The van der Waals surface area contributed by atoms with Crippen LogP contribution in [0.2, 0.25) is 0 Å². The molecule has 1 aromatic carbocycles. The minimum atomic E-state index is -0.501. The van der Waals surface area contributed by atoms with Crippen LogP contribution in [0.1, 0.15) is 5.56 Å². The molecule has 0 radical (unpaired) electrons. The van der Waals surface area contributed by atoms with Gasteiger partial charge >= 0.3 is 0 Å². The smallest absolute Gasteiger partial charge is 0.235 e. The maximum absolute atomic E-state index is 10.4. The van der Waals surface area contributed by atoms with E-state index in [4.69, 9.17) is 4.74 Å². The zero-order valence-electron chi connectivity index (χ0n) is 9.63. The third-order valence-electron chi connectivity index (χ3n) is 2.42. The fourth-order valence-corrected chi connectivity index (χ4v) is 1.70. The summed E-state index contributed by atoms with van der Waals surface area (Å²) in [7, 11) is 0. The molecule has 5 heteroatoms. The predicted octanol–water partition coefficient (Wildman–Crippen LogP) is 2.98. The zero-order chi connectivity index (χ0) is 13.0. The molecule has 0 spiro atoms. The van der Waals surface area contributed by atoms with Crippen LogP contribution in [-0.4, -0.2) is 16.5 Å². The normalized spacial score (nSPS) is 10.9. The van der Waals surface area contributed by atoms with Crippen molar-refractivity contribution >= 4 is 17.0 Å². The topological polar surface area (TPSA) is 68.2 Å². The Labute approximate surface area is 104 Å². The molecule has 0 fully saturated rings. The second-order valence-electron chi connectivity index (χ2n) is 3.61. The van der Waals surface area contributed by atoms with E-state index in [9.17, 15) is 10.1 Å². The number of para-hydroxylation sites is 1. The summed E-state index contributed by atoms with van der Waals surface area (Å²) in [6, 6.07) is 7.53. The summed E-state index contributed by atoms with van der Waals surface area (Å²) in [4.78, 5) is 13.0. The highest BCUT2D eigenvalue weighted by Gasteiger charge is 2.10. The minimum absolute atomic E-state index is 0.339. The largest absolute Gasteiger partial charge is 0.474 e. The van der Waals surface area contributed by atoms with E-state index in [0.717, 1.165) is 17.1 Å². The van der Waals surface area contributed by atoms with E-state index >= 15 is 0 Å². The number of benzene rings is 1. The molecule has 2 rings (SSSR count). The number of nitrogens with zero attached hydrogens (tertiary/aromatic N) is 1. The van der Waals surface area contributed by atoms with E-state index in [2.05, 4.69) is 11.6 Å². The third kappa shape index (κ3) is 2.40. The van der Waals surface area contributed by atoms with Gasteiger partial charge in [0.2, 0.25) is 6.20 Å². The maximum atomic E-state index is 10.4. The van der Waals surface area contributed by atoms with Crippen LogP contribution in [0, 0.1) is 10.1 Å². The Kier molecular flexibility index (Phi) is 3.43. The molecule has 0 bridgehead atoms. The van der Waals surface area contributed by atoms with Gasteiger partial charge in [0.1, 0.15) is 6.61 Å². The van der Waals surface area contributed by atoms with E-state index in [1.54, 1.807) is 6.08 Å². The Balaban J connectivity index is 2.50. The van der Waals surface area contributed by atoms with E-state index in [1.807, 2.05) is 24.3 Å². The van der Waals surface area contributed by atoms with Crippen molar-refractivity contribution in [3.05, 3.63) is 58.8 Å². The molecule has 0 atom stereocenters. The fraction of sp³-hybridized carbons (Fsp3) is 0.0769. The fourth-order valence-electron chi connectivity index (χ4n) is 1.70. The average Bonchev–Trinajstić information content (AvgIpc) is 2.71. The Bertz CT molecular complexity index is 614. The first-order valence-corrected chi connectivity index (χ1v) is 5.38. The van der Waals surface area contributed by atoms with Gasteiger partial charge in [0.05, 0.1) is 10.5 Å². The number of nitro groups is 1. The summed E-state index contributed by atoms with van der Waals surface area (Å²) < 4.78 is 5.46. The number of fused-ring (bicyclic) bond motifs is 1. The number of aromatic amines is 1. The Hall–Kier alpha value is -2.56. The number of nitrogens with one attached hydrogen (secondary N) is 1. The van der Waals surface area contributed by atoms with Crippen LogP contribution in [-0.2, 0) is 0 Å². The molecule has 92 valence electrons. The van der Waals surface area contributed by atoms with E-state index in [0.29, 0.717) is 18.1 Å². The lowest BCUT2D eigenvalue weighted by Crippen LogP contribution is -1.94. The standard InChI is InChI=1S/C13H12N2O3/c1-2-9-18-13-11(7-8-15(16)17)10-5-3-4-6-12(10)14-13/h2-8,14H,1,9H2. The summed E-state index contributed by atoms with van der Waals surface area (Å²) in [5.74, 6) is 0.509. The lowest BCUT2D eigenvalue weighted by atomic mass is 10.1. The average molecular weight is 244 g/mol. The molecule has 1 heterocycles. The van der Waals surface area contributed by atoms with Gasteiger partial charge in [-0.15, -0.1) is 0 Å². The van der Waals surface area contributed by atoms with Crippen molar-refractivity contribution in [1.82, 2.24) is 4.98 Å². The third-order valence-corrected chi connectivity index (χ3v) is 2.42. The first-order valence-electron chi connectivity index (χ1n) is 5.38. The summed E-state index contributed by atoms with van der Waals surface area (Å²) in [6.45, 7) is 3.91. The summed E-state index contributed by atoms with van der Waals surface area (Å²) in [6.07, 6.45) is 3.94. The highest BCUT2D eigenvalue weighted by molar-refractivity contribution is 5.91. The van der Waals surface area contributed by atoms with Gasteiger partial charge in [-0.05, 0) is 6.07 Å². The van der Waals surface area contributed by atoms with E-state index < -0.39 is 4.92 Å². The summed E-state index contributed by atoms with van der Waals surface area (Å²) in [5, 5.41) is 11.3. The van der Waals surface area contributed by atoms with Crippen LogP contribution in [0.25, 0.3) is 17.0 Å². The van der Waals surface area contributed by atoms with Gasteiger partial charge in [0.25, 0.3) is 0 Å². The van der Waals surface area contributed by atoms with Crippen LogP contribution in [0.5, 0.6) is 5.88 Å². The monoisotopic (exact) mass is 244 g/mol. The summed E-state index contributed by atoms with van der Waals surface area (Å²) in [5.41, 5.74) is 1.55. The minimum Gasteiger partial charge on any atom is -0.474 e. The Morgan fingerprint density at radius 2 is 2.22 bits per heavy atom. The van der Waals surface area contributed by atoms with Crippen LogP contribution >= 0.6 is 0 Å². The van der Waals surface area contributed by atoms with Crippen molar-refractivity contribution in [3.8, 4) is 5.88 Å². The molecule has 0 amide bonds. The maximum Gasteiger partial charge on any atom is 0.235 e. The molecule has 5 nitrogen and oxygen atoms in total. The van der Waals surface area contributed by atoms with Gasteiger partial charge in [-0.1, -0.05) is 30.9 Å². The van der Waals surface area contributed by atoms with Gasteiger partial charge in [-0.25, -0.2) is 0 Å². The number of hydrogen-bond acceptors (Lipinski definition) is 3. The van der Waals surface area contributed by atoms with Gasteiger partial charge in [-0.2, -0.15) is 0 Å². The predicted molar refractivity (Wildman–Crippen MR) is 70.0 cm³/mol. The first kappa shape index (κ1) is 11.9. The van der Waals surface area contributed by atoms with E-state index in [-0.39, 0.29) is 0 Å². The quantitative estimate of drug-likeness (QED) is 0.499. The highest BCUT2D eigenvalue weighted by Crippen LogP contribution is 2.29. The highest BCUT2D eigenvalue weighted by atomic mass is 16.6. The molecule has 1 N–H and O–H groups in total.